The Morgan fingerprint density at radius 2 is 1.46 bits per heavy atom. The van der Waals surface area contributed by atoms with E-state index in [9.17, 15) is 19.2 Å². The number of amides is 2. The first-order valence-electron chi connectivity index (χ1n) is 12.2. The quantitative estimate of drug-likeness (QED) is 0.182. The first kappa shape index (κ1) is 29.5. The molecule has 9 heteroatoms. The zero-order chi connectivity index (χ0) is 27.6. The van der Waals surface area contributed by atoms with E-state index < -0.39 is 47.2 Å². The van der Waals surface area contributed by atoms with Crippen LogP contribution in [0.3, 0.4) is 0 Å². The highest BCUT2D eigenvalue weighted by Crippen LogP contribution is 2.28. The summed E-state index contributed by atoms with van der Waals surface area (Å²) in [5, 5.41) is 2.63. The molecule has 200 valence electrons. The van der Waals surface area contributed by atoms with Crippen molar-refractivity contribution in [2.75, 3.05) is 0 Å². The van der Waals surface area contributed by atoms with Crippen LogP contribution in [-0.2, 0) is 30.5 Å². The second-order valence-corrected chi connectivity index (χ2v) is 10.2. The fourth-order valence-electron chi connectivity index (χ4n) is 3.86. The molecule has 2 aromatic rings. The van der Waals surface area contributed by atoms with Gasteiger partial charge in [0.25, 0.3) is 5.91 Å². The van der Waals surface area contributed by atoms with Crippen molar-refractivity contribution >= 4 is 23.8 Å². The van der Waals surface area contributed by atoms with Crippen molar-refractivity contribution < 1.29 is 28.7 Å². The Balaban J connectivity index is 2.53. The summed E-state index contributed by atoms with van der Waals surface area (Å²) in [6, 6.07) is 15.7. The molecule has 2 amide bonds. The first-order chi connectivity index (χ1) is 17.4. The predicted molar refractivity (Wildman–Crippen MR) is 139 cm³/mol. The SMILES string of the molecule is CC(C)C[C@@H](C(=O)NN)[C@@H](C(=O)OC(C)(C)C)C(NC(=O)c1ccccc1)C(=O)OCc1ccccc1. The Morgan fingerprint density at radius 3 is 1.97 bits per heavy atom. The molecule has 0 aliphatic carbocycles. The van der Waals surface area contributed by atoms with Gasteiger partial charge in [-0.2, -0.15) is 0 Å². The second-order valence-electron chi connectivity index (χ2n) is 10.2. The standard InChI is InChI=1S/C28H37N3O6/c1-18(2)16-21(25(33)31-29)22(26(34)37-28(3,4)5)23(30-24(32)20-14-10-7-11-15-20)27(35)36-17-19-12-8-6-9-13-19/h6-15,18,21-23H,16-17,29H2,1-5H3,(H,30,32)(H,31,33)/t21-,22-,23?/m1/s1. The van der Waals surface area contributed by atoms with Crippen molar-refractivity contribution in [1.29, 1.82) is 0 Å². The summed E-state index contributed by atoms with van der Waals surface area (Å²) in [6.07, 6.45) is 0.205. The number of hydrogen-bond donors (Lipinski definition) is 3. The number of nitrogens with one attached hydrogen (secondary N) is 2. The van der Waals surface area contributed by atoms with Gasteiger partial charge in [-0.25, -0.2) is 10.6 Å². The normalized spacial score (nSPS) is 13.7. The molecule has 3 atom stereocenters. The highest BCUT2D eigenvalue weighted by molar-refractivity contribution is 5.99. The molecule has 0 aliphatic rings. The fraction of sp³-hybridized carbons (Fsp3) is 0.429. The average Bonchev–Trinajstić information content (AvgIpc) is 2.85. The van der Waals surface area contributed by atoms with E-state index in [4.69, 9.17) is 15.3 Å². The zero-order valence-electron chi connectivity index (χ0n) is 22.0. The minimum absolute atomic E-state index is 0.0435. The first-order valence-corrected chi connectivity index (χ1v) is 12.2. The zero-order valence-corrected chi connectivity index (χ0v) is 22.0. The summed E-state index contributed by atoms with van der Waals surface area (Å²) in [5.74, 6) is -0.0146. The largest absolute Gasteiger partial charge is 0.460 e. The Kier molecular flexibility index (Phi) is 10.8. The van der Waals surface area contributed by atoms with Crippen LogP contribution in [0.15, 0.2) is 60.7 Å². The van der Waals surface area contributed by atoms with Crippen LogP contribution in [0.5, 0.6) is 0 Å². The number of nitrogens with two attached hydrogens (primary N) is 1. The Labute approximate surface area is 218 Å². The summed E-state index contributed by atoms with van der Waals surface area (Å²) >= 11 is 0. The summed E-state index contributed by atoms with van der Waals surface area (Å²) in [5.41, 5.74) is 2.17. The van der Waals surface area contributed by atoms with Crippen molar-refractivity contribution in [2.45, 2.75) is 59.3 Å². The Morgan fingerprint density at radius 1 is 0.892 bits per heavy atom. The van der Waals surface area contributed by atoms with Crippen molar-refractivity contribution in [1.82, 2.24) is 10.7 Å². The summed E-state index contributed by atoms with van der Waals surface area (Å²) in [7, 11) is 0. The summed E-state index contributed by atoms with van der Waals surface area (Å²) in [6.45, 7) is 8.67. The van der Waals surface area contributed by atoms with Crippen LogP contribution in [-0.4, -0.2) is 35.4 Å². The van der Waals surface area contributed by atoms with Gasteiger partial charge in [0.15, 0.2) is 0 Å². The van der Waals surface area contributed by atoms with E-state index in [0.717, 1.165) is 5.56 Å². The van der Waals surface area contributed by atoms with E-state index in [1.165, 1.54) is 0 Å². The number of ether oxygens (including phenoxy) is 2. The van der Waals surface area contributed by atoms with Crippen molar-refractivity contribution in [3.63, 3.8) is 0 Å². The van der Waals surface area contributed by atoms with Crippen LogP contribution in [0.4, 0.5) is 0 Å². The van der Waals surface area contributed by atoms with E-state index in [1.807, 2.05) is 19.9 Å². The highest BCUT2D eigenvalue weighted by Gasteiger charge is 2.46. The molecule has 2 aromatic carbocycles. The van der Waals surface area contributed by atoms with Crippen LogP contribution in [0, 0.1) is 17.8 Å². The molecule has 9 nitrogen and oxygen atoms in total. The minimum Gasteiger partial charge on any atom is -0.460 e. The van der Waals surface area contributed by atoms with Gasteiger partial charge in [0.1, 0.15) is 18.2 Å². The number of benzene rings is 2. The van der Waals surface area contributed by atoms with E-state index in [0.29, 0.717) is 0 Å². The highest BCUT2D eigenvalue weighted by atomic mass is 16.6. The van der Waals surface area contributed by atoms with Crippen LogP contribution in [0.25, 0.3) is 0 Å². The number of carbonyl (C=O) groups excluding carboxylic acids is 4. The molecule has 0 aliphatic heterocycles. The molecule has 1 unspecified atom stereocenters. The van der Waals surface area contributed by atoms with Crippen LogP contribution < -0.4 is 16.6 Å². The molecule has 0 heterocycles. The van der Waals surface area contributed by atoms with Gasteiger partial charge in [-0.1, -0.05) is 62.4 Å². The molecule has 2 rings (SSSR count). The van der Waals surface area contributed by atoms with Gasteiger partial charge in [0.2, 0.25) is 5.91 Å². The monoisotopic (exact) mass is 511 g/mol. The van der Waals surface area contributed by atoms with Crippen molar-refractivity contribution in [3.8, 4) is 0 Å². The third kappa shape index (κ3) is 9.34. The lowest BCUT2D eigenvalue weighted by Crippen LogP contribution is -2.56. The molecule has 0 spiro atoms. The lowest BCUT2D eigenvalue weighted by molar-refractivity contribution is -0.170. The molecular weight excluding hydrogens is 474 g/mol. The predicted octanol–water partition coefficient (Wildman–Crippen LogP) is 3.14. The third-order valence-electron chi connectivity index (χ3n) is 5.48. The van der Waals surface area contributed by atoms with Gasteiger partial charge in [0, 0.05) is 5.56 Å². The number of rotatable bonds is 11. The third-order valence-corrected chi connectivity index (χ3v) is 5.48. The number of hydrogen-bond acceptors (Lipinski definition) is 7. The molecule has 0 saturated carbocycles. The van der Waals surface area contributed by atoms with Crippen molar-refractivity contribution in [3.05, 3.63) is 71.8 Å². The lowest BCUT2D eigenvalue weighted by Gasteiger charge is -2.33. The van der Waals surface area contributed by atoms with E-state index >= 15 is 0 Å². The molecule has 37 heavy (non-hydrogen) atoms. The maximum absolute atomic E-state index is 13.5. The van der Waals surface area contributed by atoms with Crippen molar-refractivity contribution in [2.24, 2.45) is 23.6 Å². The Hall–Kier alpha value is -3.72. The van der Waals surface area contributed by atoms with Gasteiger partial charge in [-0.15, -0.1) is 0 Å². The van der Waals surface area contributed by atoms with Gasteiger partial charge in [-0.05, 0) is 50.8 Å². The number of esters is 2. The molecule has 0 radical (unpaired) electrons. The topological polar surface area (TPSA) is 137 Å². The maximum Gasteiger partial charge on any atom is 0.329 e. The summed E-state index contributed by atoms with van der Waals surface area (Å²) < 4.78 is 11.2. The Bertz CT molecular complexity index is 1050. The molecule has 0 aromatic heterocycles. The average molecular weight is 512 g/mol. The van der Waals surface area contributed by atoms with Crippen LogP contribution >= 0.6 is 0 Å². The van der Waals surface area contributed by atoms with E-state index in [1.54, 1.807) is 75.4 Å². The maximum atomic E-state index is 13.5. The lowest BCUT2D eigenvalue weighted by atomic mass is 9.79. The second kappa shape index (κ2) is 13.5. The molecule has 4 N–H and O–H groups in total. The van der Waals surface area contributed by atoms with Gasteiger partial charge in [-0.3, -0.25) is 19.8 Å². The number of hydrazine groups is 1. The fourth-order valence-corrected chi connectivity index (χ4v) is 3.86. The molecule has 0 fully saturated rings. The molecular formula is C28H37N3O6. The van der Waals surface area contributed by atoms with Gasteiger partial charge in [0.05, 0.1) is 11.8 Å². The number of carbonyl (C=O) groups is 4. The van der Waals surface area contributed by atoms with E-state index in [2.05, 4.69) is 10.7 Å². The molecule has 0 saturated heterocycles. The smallest absolute Gasteiger partial charge is 0.329 e. The van der Waals surface area contributed by atoms with E-state index in [-0.39, 0.29) is 24.5 Å². The molecule has 0 bridgehead atoms. The van der Waals surface area contributed by atoms with Crippen LogP contribution in [0.2, 0.25) is 0 Å². The minimum atomic E-state index is -1.52. The van der Waals surface area contributed by atoms with Gasteiger partial charge < -0.3 is 14.8 Å². The van der Waals surface area contributed by atoms with Gasteiger partial charge >= 0.3 is 11.9 Å². The van der Waals surface area contributed by atoms with Crippen LogP contribution in [0.1, 0.15) is 57.0 Å². The summed E-state index contributed by atoms with van der Waals surface area (Å²) in [4.78, 5) is 53.1.